The minimum absolute atomic E-state index is 0.0346. The quantitative estimate of drug-likeness (QED) is 0.672. The van der Waals surface area contributed by atoms with Gasteiger partial charge in [-0.05, 0) is 17.7 Å². The molecule has 1 saturated heterocycles. The summed E-state index contributed by atoms with van der Waals surface area (Å²) in [4.78, 5) is 14.7. The standard InChI is InChI=1S/C21H25F2N3O3/c22-21(23)29-19-9-5-4-8-17(19)25-20(27)14-24-18(16-6-2-1-3-7-16)15-26-10-12-28-13-11-26/h1-9,18,21,24H,10-15H2,(H,25,27). The van der Waals surface area contributed by atoms with Crippen molar-refractivity contribution in [1.29, 1.82) is 0 Å². The van der Waals surface area contributed by atoms with Gasteiger partial charge in [0.15, 0.2) is 0 Å². The molecule has 0 radical (unpaired) electrons. The summed E-state index contributed by atoms with van der Waals surface area (Å²) in [5.41, 5.74) is 1.29. The number of anilines is 1. The number of ether oxygens (including phenoxy) is 2. The summed E-state index contributed by atoms with van der Waals surface area (Å²) >= 11 is 0. The van der Waals surface area contributed by atoms with Crippen LogP contribution in [0.4, 0.5) is 14.5 Å². The molecule has 1 atom stereocenters. The molecule has 6 nitrogen and oxygen atoms in total. The van der Waals surface area contributed by atoms with E-state index in [0.29, 0.717) is 13.2 Å². The summed E-state index contributed by atoms with van der Waals surface area (Å²) in [7, 11) is 0. The third-order valence-electron chi connectivity index (χ3n) is 4.63. The van der Waals surface area contributed by atoms with Gasteiger partial charge in [0.05, 0.1) is 25.4 Å². The van der Waals surface area contributed by atoms with Gasteiger partial charge in [-0.25, -0.2) is 0 Å². The minimum atomic E-state index is -2.96. The van der Waals surface area contributed by atoms with Crippen LogP contribution in [0, 0.1) is 0 Å². The molecule has 2 aromatic rings. The number of carbonyl (C=O) groups excluding carboxylic acids is 1. The topological polar surface area (TPSA) is 62.8 Å². The number of benzene rings is 2. The van der Waals surface area contributed by atoms with E-state index in [0.717, 1.165) is 25.2 Å². The zero-order chi connectivity index (χ0) is 20.5. The Balaban J connectivity index is 1.60. The lowest BCUT2D eigenvalue weighted by Gasteiger charge is -2.31. The first-order valence-corrected chi connectivity index (χ1v) is 9.54. The van der Waals surface area contributed by atoms with Crippen molar-refractivity contribution >= 4 is 11.6 Å². The van der Waals surface area contributed by atoms with Crippen molar-refractivity contribution in [3.8, 4) is 5.75 Å². The van der Waals surface area contributed by atoms with Crippen molar-refractivity contribution in [3.63, 3.8) is 0 Å². The zero-order valence-electron chi connectivity index (χ0n) is 16.0. The number of halogens is 2. The Morgan fingerprint density at radius 3 is 2.48 bits per heavy atom. The molecule has 2 aromatic carbocycles. The van der Waals surface area contributed by atoms with E-state index in [4.69, 9.17) is 4.74 Å². The number of amides is 1. The molecule has 8 heteroatoms. The van der Waals surface area contributed by atoms with Gasteiger partial charge >= 0.3 is 6.61 Å². The second-order valence-electron chi connectivity index (χ2n) is 6.68. The zero-order valence-corrected chi connectivity index (χ0v) is 16.0. The van der Waals surface area contributed by atoms with Crippen molar-refractivity contribution in [1.82, 2.24) is 10.2 Å². The van der Waals surface area contributed by atoms with Crippen LogP contribution in [0.1, 0.15) is 11.6 Å². The number of nitrogens with one attached hydrogen (secondary N) is 2. The normalized spacial score (nSPS) is 15.8. The van der Waals surface area contributed by atoms with E-state index in [1.165, 1.54) is 12.1 Å². The highest BCUT2D eigenvalue weighted by Crippen LogP contribution is 2.25. The second kappa shape index (κ2) is 10.8. The molecule has 1 heterocycles. The average molecular weight is 405 g/mol. The molecule has 0 saturated carbocycles. The van der Waals surface area contributed by atoms with Crippen molar-refractivity contribution in [2.75, 3.05) is 44.7 Å². The molecule has 1 unspecified atom stereocenters. The van der Waals surface area contributed by atoms with Crippen LogP contribution in [-0.4, -0.2) is 56.8 Å². The fourth-order valence-electron chi connectivity index (χ4n) is 3.19. The molecule has 156 valence electrons. The van der Waals surface area contributed by atoms with Gasteiger partial charge in [0.25, 0.3) is 0 Å². The molecule has 3 rings (SSSR count). The van der Waals surface area contributed by atoms with E-state index in [1.54, 1.807) is 12.1 Å². The molecule has 2 N–H and O–H groups in total. The smallest absolute Gasteiger partial charge is 0.387 e. The Hall–Kier alpha value is -2.55. The maximum Gasteiger partial charge on any atom is 0.387 e. The van der Waals surface area contributed by atoms with E-state index in [2.05, 4.69) is 20.3 Å². The lowest BCUT2D eigenvalue weighted by atomic mass is 10.1. The molecular weight excluding hydrogens is 380 g/mol. The second-order valence-corrected chi connectivity index (χ2v) is 6.68. The first-order chi connectivity index (χ1) is 14.1. The van der Waals surface area contributed by atoms with Crippen molar-refractivity contribution < 1.29 is 23.0 Å². The van der Waals surface area contributed by atoms with Gasteiger partial charge in [0.1, 0.15) is 5.75 Å². The molecule has 29 heavy (non-hydrogen) atoms. The molecule has 0 aliphatic carbocycles. The number of carbonyl (C=O) groups is 1. The summed E-state index contributed by atoms with van der Waals surface area (Å²) in [6.07, 6.45) is 0. The summed E-state index contributed by atoms with van der Waals surface area (Å²) in [5.74, 6) is -0.401. The van der Waals surface area contributed by atoms with Gasteiger partial charge in [-0.3, -0.25) is 9.69 Å². The van der Waals surface area contributed by atoms with Crippen LogP contribution in [-0.2, 0) is 9.53 Å². The van der Waals surface area contributed by atoms with Crippen LogP contribution in [0.25, 0.3) is 0 Å². The Bertz CT molecular complexity index is 771. The number of rotatable bonds is 9. The van der Waals surface area contributed by atoms with Crippen LogP contribution >= 0.6 is 0 Å². The number of morpholine rings is 1. The molecule has 1 aliphatic rings. The Morgan fingerprint density at radius 1 is 1.07 bits per heavy atom. The lowest BCUT2D eigenvalue weighted by Crippen LogP contribution is -2.43. The van der Waals surface area contributed by atoms with E-state index >= 15 is 0 Å². The molecule has 1 aliphatic heterocycles. The first-order valence-electron chi connectivity index (χ1n) is 9.54. The van der Waals surface area contributed by atoms with E-state index < -0.39 is 6.61 Å². The monoisotopic (exact) mass is 405 g/mol. The molecule has 1 fully saturated rings. The Labute approximate surface area is 168 Å². The lowest BCUT2D eigenvalue weighted by molar-refractivity contribution is -0.115. The molecule has 1 amide bonds. The maximum absolute atomic E-state index is 12.5. The number of alkyl halides is 2. The highest BCUT2D eigenvalue weighted by molar-refractivity contribution is 5.93. The van der Waals surface area contributed by atoms with Crippen LogP contribution < -0.4 is 15.4 Å². The SMILES string of the molecule is O=C(CNC(CN1CCOCC1)c1ccccc1)Nc1ccccc1OC(F)F. The van der Waals surface area contributed by atoms with E-state index in [1.807, 2.05) is 30.3 Å². The summed E-state index contributed by atoms with van der Waals surface area (Å²) in [6, 6.07) is 16.0. The molecule has 0 bridgehead atoms. The van der Waals surface area contributed by atoms with Gasteiger partial charge in [-0.15, -0.1) is 0 Å². The predicted molar refractivity (Wildman–Crippen MR) is 106 cm³/mol. The highest BCUT2D eigenvalue weighted by Gasteiger charge is 2.19. The molecular formula is C21H25F2N3O3. The largest absolute Gasteiger partial charge is 0.433 e. The first kappa shape index (κ1) is 21.2. The number of nitrogens with zero attached hydrogens (tertiary/aromatic N) is 1. The predicted octanol–water partition coefficient (Wildman–Crippen LogP) is 2.89. The van der Waals surface area contributed by atoms with Gasteiger partial charge in [-0.1, -0.05) is 42.5 Å². The van der Waals surface area contributed by atoms with Gasteiger partial charge in [0, 0.05) is 25.7 Å². The summed E-state index contributed by atoms with van der Waals surface area (Å²) in [5, 5.41) is 5.91. The fraction of sp³-hybridized carbons (Fsp3) is 0.381. The minimum Gasteiger partial charge on any atom is -0.433 e. The summed E-state index contributed by atoms with van der Waals surface area (Å²) in [6.45, 7) is 0.900. The third kappa shape index (κ3) is 6.77. The third-order valence-corrected chi connectivity index (χ3v) is 4.63. The molecule has 0 aromatic heterocycles. The number of para-hydroxylation sites is 2. The van der Waals surface area contributed by atoms with Crippen LogP contribution in [0.2, 0.25) is 0 Å². The van der Waals surface area contributed by atoms with E-state index in [-0.39, 0.29) is 29.9 Å². The van der Waals surface area contributed by atoms with Crippen LogP contribution in [0.5, 0.6) is 5.75 Å². The maximum atomic E-state index is 12.5. The van der Waals surface area contributed by atoms with Crippen molar-refractivity contribution in [2.24, 2.45) is 0 Å². The van der Waals surface area contributed by atoms with Crippen LogP contribution in [0.3, 0.4) is 0 Å². The average Bonchev–Trinajstić information content (AvgIpc) is 2.73. The highest BCUT2D eigenvalue weighted by atomic mass is 19.3. The number of hydrogen-bond donors (Lipinski definition) is 2. The van der Waals surface area contributed by atoms with Gasteiger partial charge in [-0.2, -0.15) is 8.78 Å². The van der Waals surface area contributed by atoms with Gasteiger partial charge < -0.3 is 20.1 Å². The van der Waals surface area contributed by atoms with Crippen molar-refractivity contribution in [3.05, 3.63) is 60.2 Å². The number of hydrogen-bond acceptors (Lipinski definition) is 5. The van der Waals surface area contributed by atoms with Gasteiger partial charge in [0.2, 0.25) is 5.91 Å². The van der Waals surface area contributed by atoms with E-state index in [9.17, 15) is 13.6 Å². The molecule has 0 spiro atoms. The summed E-state index contributed by atoms with van der Waals surface area (Å²) < 4.78 is 34.9. The Kier molecular flexibility index (Phi) is 7.92. The van der Waals surface area contributed by atoms with Crippen LogP contribution in [0.15, 0.2) is 54.6 Å². The Morgan fingerprint density at radius 2 is 1.76 bits per heavy atom. The van der Waals surface area contributed by atoms with Crippen molar-refractivity contribution in [2.45, 2.75) is 12.7 Å². The fourth-order valence-corrected chi connectivity index (χ4v) is 3.19.